The monoisotopic (exact) mass is 247 g/mol. The van der Waals surface area contributed by atoms with Gasteiger partial charge in [-0.15, -0.1) is 0 Å². The van der Waals surface area contributed by atoms with E-state index in [1.54, 1.807) is 6.07 Å². The van der Waals surface area contributed by atoms with Gasteiger partial charge in [-0.3, -0.25) is 0 Å². The minimum atomic E-state index is -1.08. The maximum absolute atomic E-state index is 12.9. The standard InChI is InChI=1S/C8H4BrF2NO/c1-13-8-4(3-12)2-5(10)7(11)6(8)9/h2H,1H3. The lowest BCUT2D eigenvalue weighted by molar-refractivity contribution is 0.400. The number of ether oxygens (including phenoxy) is 1. The highest BCUT2D eigenvalue weighted by molar-refractivity contribution is 9.10. The molecular formula is C8H4BrF2NO. The molecule has 0 fully saturated rings. The summed E-state index contributed by atoms with van der Waals surface area (Å²) in [4.78, 5) is 0. The Morgan fingerprint density at radius 2 is 2.15 bits per heavy atom. The highest BCUT2D eigenvalue weighted by atomic mass is 79.9. The normalized spacial score (nSPS) is 9.46. The van der Waals surface area contributed by atoms with Crippen molar-refractivity contribution in [2.24, 2.45) is 0 Å². The van der Waals surface area contributed by atoms with E-state index in [2.05, 4.69) is 15.9 Å². The minimum Gasteiger partial charge on any atom is -0.494 e. The first-order chi connectivity index (χ1) is 6.11. The van der Waals surface area contributed by atoms with Gasteiger partial charge in [0.15, 0.2) is 17.4 Å². The van der Waals surface area contributed by atoms with Crippen molar-refractivity contribution in [2.75, 3.05) is 7.11 Å². The molecular weight excluding hydrogens is 244 g/mol. The van der Waals surface area contributed by atoms with Crippen LogP contribution >= 0.6 is 15.9 Å². The smallest absolute Gasteiger partial charge is 0.176 e. The Morgan fingerprint density at radius 3 is 2.62 bits per heavy atom. The van der Waals surface area contributed by atoms with Crippen molar-refractivity contribution in [3.63, 3.8) is 0 Å². The third-order valence-corrected chi connectivity index (χ3v) is 2.15. The molecule has 0 saturated heterocycles. The van der Waals surface area contributed by atoms with Gasteiger partial charge in [0, 0.05) is 0 Å². The van der Waals surface area contributed by atoms with Gasteiger partial charge in [0.2, 0.25) is 0 Å². The zero-order chi connectivity index (χ0) is 10.0. The van der Waals surface area contributed by atoms with Crippen LogP contribution in [0.25, 0.3) is 0 Å². The molecule has 1 aromatic carbocycles. The van der Waals surface area contributed by atoms with E-state index >= 15 is 0 Å². The molecule has 0 heterocycles. The summed E-state index contributed by atoms with van der Waals surface area (Å²) >= 11 is 2.79. The fourth-order valence-corrected chi connectivity index (χ4v) is 1.43. The second-order valence-electron chi connectivity index (χ2n) is 2.18. The van der Waals surface area contributed by atoms with Crippen LogP contribution in [-0.2, 0) is 0 Å². The van der Waals surface area contributed by atoms with E-state index in [1.165, 1.54) is 7.11 Å². The summed E-state index contributed by atoms with van der Waals surface area (Å²) in [5.74, 6) is -2.14. The van der Waals surface area contributed by atoms with Crippen LogP contribution < -0.4 is 4.74 Å². The van der Waals surface area contributed by atoms with Gasteiger partial charge >= 0.3 is 0 Å². The van der Waals surface area contributed by atoms with E-state index in [0.717, 1.165) is 6.07 Å². The molecule has 5 heteroatoms. The Morgan fingerprint density at radius 1 is 1.54 bits per heavy atom. The summed E-state index contributed by atoms with van der Waals surface area (Å²) in [6.07, 6.45) is 0. The molecule has 0 aromatic heterocycles. The van der Waals surface area contributed by atoms with Gasteiger partial charge in [-0.05, 0) is 22.0 Å². The van der Waals surface area contributed by atoms with E-state index in [4.69, 9.17) is 10.00 Å². The number of benzene rings is 1. The number of nitrogens with zero attached hydrogens (tertiary/aromatic N) is 1. The van der Waals surface area contributed by atoms with Gasteiger partial charge in [0.1, 0.15) is 6.07 Å². The predicted molar refractivity (Wildman–Crippen MR) is 45.3 cm³/mol. The van der Waals surface area contributed by atoms with E-state index in [1.807, 2.05) is 0 Å². The van der Waals surface area contributed by atoms with Crippen molar-refractivity contribution >= 4 is 15.9 Å². The van der Waals surface area contributed by atoms with Crippen molar-refractivity contribution in [2.45, 2.75) is 0 Å². The van der Waals surface area contributed by atoms with Gasteiger partial charge in [-0.25, -0.2) is 8.78 Å². The zero-order valence-electron chi connectivity index (χ0n) is 6.57. The third kappa shape index (κ3) is 1.63. The zero-order valence-corrected chi connectivity index (χ0v) is 8.15. The molecule has 0 unspecified atom stereocenters. The van der Waals surface area contributed by atoms with Gasteiger partial charge in [-0.1, -0.05) is 0 Å². The molecule has 0 saturated carbocycles. The Kier molecular flexibility index (Phi) is 2.83. The molecule has 0 aliphatic carbocycles. The number of rotatable bonds is 1. The molecule has 0 N–H and O–H groups in total. The molecule has 1 rings (SSSR count). The first-order valence-corrected chi connectivity index (χ1v) is 4.02. The lowest BCUT2D eigenvalue weighted by Crippen LogP contribution is -1.95. The average Bonchev–Trinajstić information content (AvgIpc) is 2.13. The summed E-state index contributed by atoms with van der Waals surface area (Å²) in [7, 11) is 1.28. The van der Waals surface area contributed by atoms with E-state index in [9.17, 15) is 8.78 Å². The minimum absolute atomic E-state index is 0.00130. The second-order valence-corrected chi connectivity index (χ2v) is 2.97. The fraction of sp³-hybridized carbons (Fsp3) is 0.125. The maximum Gasteiger partial charge on any atom is 0.176 e. The van der Waals surface area contributed by atoms with Crippen molar-refractivity contribution in [1.82, 2.24) is 0 Å². The van der Waals surface area contributed by atoms with Crippen LogP contribution in [0.1, 0.15) is 5.56 Å². The molecule has 0 bridgehead atoms. The SMILES string of the molecule is COc1c(C#N)cc(F)c(F)c1Br. The number of hydrogen-bond acceptors (Lipinski definition) is 2. The maximum atomic E-state index is 12.9. The Labute approximate surface area is 81.9 Å². The van der Waals surface area contributed by atoms with Crippen LogP contribution in [0.3, 0.4) is 0 Å². The number of hydrogen-bond donors (Lipinski definition) is 0. The van der Waals surface area contributed by atoms with Crippen molar-refractivity contribution in [3.05, 3.63) is 27.7 Å². The molecule has 0 aliphatic heterocycles. The molecule has 0 radical (unpaired) electrons. The van der Waals surface area contributed by atoms with E-state index < -0.39 is 11.6 Å². The van der Waals surface area contributed by atoms with Crippen LogP contribution in [0.15, 0.2) is 10.5 Å². The van der Waals surface area contributed by atoms with Gasteiger partial charge < -0.3 is 4.74 Å². The largest absolute Gasteiger partial charge is 0.494 e. The number of nitriles is 1. The summed E-state index contributed by atoms with van der Waals surface area (Å²) < 4.78 is 30.2. The molecule has 2 nitrogen and oxygen atoms in total. The molecule has 0 spiro atoms. The number of methoxy groups -OCH3 is 1. The molecule has 13 heavy (non-hydrogen) atoms. The first kappa shape index (κ1) is 9.93. The third-order valence-electron chi connectivity index (χ3n) is 1.44. The number of halogens is 3. The highest BCUT2D eigenvalue weighted by Gasteiger charge is 2.16. The summed E-state index contributed by atoms with van der Waals surface area (Å²) in [6.45, 7) is 0. The Bertz CT molecular complexity index is 387. The highest BCUT2D eigenvalue weighted by Crippen LogP contribution is 2.32. The van der Waals surface area contributed by atoms with Crippen LogP contribution in [0, 0.1) is 23.0 Å². The van der Waals surface area contributed by atoms with E-state index in [0.29, 0.717) is 0 Å². The lowest BCUT2D eigenvalue weighted by atomic mass is 10.2. The summed E-state index contributed by atoms with van der Waals surface area (Å²) in [5, 5.41) is 8.55. The van der Waals surface area contributed by atoms with Crippen molar-refractivity contribution in [3.8, 4) is 11.8 Å². The molecule has 0 aliphatic rings. The molecule has 0 atom stereocenters. The topological polar surface area (TPSA) is 33.0 Å². The predicted octanol–water partition coefficient (Wildman–Crippen LogP) is 2.61. The van der Waals surface area contributed by atoms with Crippen molar-refractivity contribution < 1.29 is 13.5 Å². The van der Waals surface area contributed by atoms with Crippen molar-refractivity contribution in [1.29, 1.82) is 5.26 Å². The van der Waals surface area contributed by atoms with Crippen LogP contribution in [-0.4, -0.2) is 7.11 Å². The second kappa shape index (κ2) is 3.71. The molecule has 1 aromatic rings. The Balaban J connectivity index is 3.50. The fourth-order valence-electron chi connectivity index (χ4n) is 0.861. The summed E-state index contributed by atoms with van der Waals surface area (Å²) in [6, 6.07) is 2.48. The Hall–Kier alpha value is -1.15. The molecule has 0 amide bonds. The average molecular weight is 248 g/mol. The lowest BCUT2D eigenvalue weighted by Gasteiger charge is -2.06. The van der Waals surface area contributed by atoms with E-state index in [-0.39, 0.29) is 15.8 Å². The van der Waals surface area contributed by atoms with Crippen LogP contribution in [0.5, 0.6) is 5.75 Å². The molecule has 68 valence electrons. The first-order valence-electron chi connectivity index (χ1n) is 3.23. The van der Waals surface area contributed by atoms with Gasteiger partial charge in [-0.2, -0.15) is 5.26 Å². The van der Waals surface area contributed by atoms with Gasteiger partial charge in [0.05, 0.1) is 17.1 Å². The quantitative estimate of drug-likeness (QED) is 0.715. The van der Waals surface area contributed by atoms with Gasteiger partial charge in [0.25, 0.3) is 0 Å². The van der Waals surface area contributed by atoms with Crippen LogP contribution in [0.4, 0.5) is 8.78 Å². The van der Waals surface area contributed by atoms with Crippen LogP contribution in [0.2, 0.25) is 0 Å². The summed E-state index contributed by atoms with van der Waals surface area (Å²) in [5.41, 5.74) is -0.0479.